The second-order valence-corrected chi connectivity index (χ2v) is 4.79. The number of carbonyl (C=O) groups is 2. The second-order valence-electron chi connectivity index (χ2n) is 4.79. The summed E-state index contributed by atoms with van der Waals surface area (Å²) in [7, 11) is 0. The Morgan fingerprint density at radius 3 is 2.86 bits per heavy atom. The lowest BCUT2D eigenvalue weighted by atomic mass is 10.0. The van der Waals surface area contributed by atoms with Crippen molar-refractivity contribution in [2.75, 3.05) is 19.7 Å². The van der Waals surface area contributed by atoms with Crippen LogP contribution in [0.4, 0.5) is 4.79 Å². The van der Waals surface area contributed by atoms with Crippen LogP contribution in [0, 0.1) is 12.3 Å². The number of ether oxygens (including phenoxy) is 1. The molecule has 1 saturated heterocycles. The largest absolute Gasteiger partial charge is 0.449 e. The Kier molecular flexibility index (Phi) is 5.22. The maximum absolute atomic E-state index is 12.3. The van der Waals surface area contributed by atoms with Gasteiger partial charge in [0, 0.05) is 13.0 Å². The lowest BCUT2D eigenvalue weighted by Crippen LogP contribution is -2.53. The fourth-order valence-corrected chi connectivity index (χ4v) is 2.29. The topological polar surface area (TPSA) is 58.6 Å². The van der Waals surface area contributed by atoms with E-state index in [2.05, 4.69) is 11.2 Å². The number of nitrogens with one attached hydrogen (secondary N) is 1. The van der Waals surface area contributed by atoms with E-state index in [1.807, 2.05) is 30.3 Å². The summed E-state index contributed by atoms with van der Waals surface area (Å²) < 4.78 is 5.03. The number of carbonyl (C=O) groups excluding carboxylic acids is 2. The van der Waals surface area contributed by atoms with Crippen molar-refractivity contribution in [2.45, 2.75) is 18.9 Å². The number of nitrogens with zero attached hydrogens (tertiary/aromatic N) is 1. The summed E-state index contributed by atoms with van der Waals surface area (Å²) >= 11 is 0. The molecule has 1 fully saturated rings. The molecule has 2 rings (SSSR count). The maximum atomic E-state index is 12.3. The average Bonchev–Trinajstić information content (AvgIpc) is 2.52. The minimum absolute atomic E-state index is 0.146. The van der Waals surface area contributed by atoms with Crippen molar-refractivity contribution >= 4 is 12.0 Å². The smallest absolute Gasteiger partial charge is 0.410 e. The Labute approximate surface area is 124 Å². The van der Waals surface area contributed by atoms with Crippen LogP contribution in [0.15, 0.2) is 30.3 Å². The Morgan fingerprint density at radius 2 is 2.19 bits per heavy atom. The fraction of sp³-hybridized carbons (Fsp3) is 0.375. The van der Waals surface area contributed by atoms with Gasteiger partial charge in [0.1, 0.15) is 6.04 Å². The van der Waals surface area contributed by atoms with Gasteiger partial charge in [-0.15, -0.1) is 6.42 Å². The lowest BCUT2D eigenvalue weighted by Gasteiger charge is -2.33. The van der Waals surface area contributed by atoms with E-state index in [9.17, 15) is 9.59 Å². The molecule has 21 heavy (non-hydrogen) atoms. The van der Waals surface area contributed by atoms with Crippen LogP contribution in [0.5, 0.6) is 0 Å². The first-order valence-electron chi connectivity index (χ1n) is 6.91. The zero-order valence-corrected chi connectivity index (χ0v) is 11.7. The molecule has 0 aromatic heterocycles. The number of hydrogen-bond donors (Lipinski definition) is 1. The van der Waals surface area contributed by atoms with Gasteiger partial charge in [-0.2, -0.15) is 0 Å². The van der Waals surface area contributed by atoms with E-state index >= 15 is 0 Å². The maximum Gasteiger partial charge on any atom is 0.410 e. The summed E-state index contributed by atoms with van der Waals surface area (Å²) in [6.45, 7) is 1.06. The minimum atomic E-state index is -0.603. The van der Waals surface area contributed by atoms with Crippen LogP contribution in [0.1, 0.15) is 12.0 Å². The summed E-state index contributed by atoms with van der Waals surface area (Å²) in [5.41, 5.74) is 0.983. The van der Waals surface area contributed by atoms with Gasteiger partial charge in [0.25, 0.3) is 0 Å². The molecule has 0 unspecified atom stereocenters. The van der Waals surface area contributed by atoms with Crippen LogP contribution in [0.3, 0.4) is 0 Å². The van der Waals surface area contributed by atoms with Crippen LogP contribution >= 0.6 is 0 Å². The zero-order valence-electron chi connectivity index (χ0n) is 11.7. The summed E-state index contributed by atoms with van der Waals surface area (Å²) in [6, 6.07) is 8.97. The molecule has 0 saturated carbocycles. The molecule has 1 aromatic rings. The lowest BCUT2D eigenvalue weighted by molar-refractivity contribution is -0.126. The molecule has 0 bridgehead atoms. The molecular formula is C16H18N2O3. The molecule has 1 aromatic carbocycles. The first-order valence-corrected chi connectivity index (χ1v) is 6.91. The number of amides is 2. The molecule has 0 radical (unpaired) electrons. The number of cyclic esters (lactones) is 1. The molecule has 1 atom stereocenters. The normalized spacial score (nSPS) is 15.8. The van der Waals surface area contributed by atoms with E-state index in [-0.39, 0.29) is 12.5 Å². The van der Waals surface area contributed by atoms with E-state index < -0.39 is 12.1 Å². The molecule has 0 aliphatic carbocycles. The second kappa shape index (κ2) is 7.34. The van der Waals surface area contributed by atoms with E-state index in [4.69, 9.17) is 11.2 Å². The molecule has 1 N–H and O–H groups in total. The molecule has 2 amide bonds. The van der Waals surface area contributed by atoms with Gasteiger partial charge in [-0.05, 0) is 12.0 Å². The predicted octanol–water partition coefficient (Wildman–Crippen LogP) is 1.19. The number of terminal acetylenes is 1. The van der Waals surface area contributed by atoms with E-state index in [1.54, 1.807) is 0 Å². The Hall–Kier alpha value is -2.48. The monoisotopic (exact) mass is 286 g/mol. The molecule has 1 aliphatic heterocycles. The van der Waals surface area contributed by atoms with Crippen molar-refractivity contribution in [2.24, 2.45) is 0 Å². The SMILES string of the molecule is C#CCNC(=O)[C@H](Cc1ccccc1)N1CCCOC1=O. The van der Waals surface area contributed by atoms with Crippen molar-refractivity contribution in [3.8, 4) is 12.3 Å². The number of hydrogen-bond acceptors (Lipinski definition) is 3. The van der Waals surface area contributed by atoms with E-state index in [0.717, 1.165) is 12.0 Å². The third-order valence-corrected chi connectivity index (χ3v) is 3.32. The summed E-state index contributed by atoms with van der Waals surface area (Å²) in [6.07, 6.45) is 5.88. The molecule has 110 valence electrons. The van der Waals surface area contributed by atoms with E-state index in [0.29, 0.717) is 19.6 Å². The third kappa shape index (κ3) is 3.99. The van der Waals surface area contributed by atoms with Crippen LogP contribution in [0.2, 0.25) is 0 Å². The van der Waals surface area contributed by atoms with Crippen molar-refractivity contribution in [3.05, 3.63) is 35.9 Å². The van der Waals surface area contributed by atoms with Gasteiger partial charge in [-0.1, -0.05) is 36.3 Å². The van der Waals surface area contributed by atoms with Crippen LogP contribution < -0.4 is 5.32 Å². The molecule has 1 heterocycles. The van der Waals surface area contributed by atoms with Crippen LogP contribution in [-0.4, -0.2) is 42.6 Å². The molecule has 1 aliphatic rings. The highest BCUT2D eigenvalue weighted by Crippen LogP contribution is 2.14. The van der Waals surface area contributed by atoms with Gasteiger partial charge in [-0.3, -0.25) is 9.69 Å². The van der Waals surface area contributed by atoms with Crippen molar-refractivity contribution in [1.29, 1.82) is 0 Å². The quantitative estimate of drug-likeness (QED) is 0.827. The van der Waals surface area contributed by atoms with Gasteiger partial charge < -0.3 is 10.1 Å². The summed E-state index contributed by atoms with van der Waals surface area (Å²) in [5, 5.41) is 2.65. The molecule has 5 nitrogen and oxygen atoms in total. The van der Waals surface area contributed by atoms with E-state index in [1.165, 1.54) is 4.90 Å². The Balaban J connectivity index is 2.15. The minimum Gasteiger partial charge on any atom is -0.449 e. The molecule has 5 heteroatoms. The predicted molar refractivity (Wildman–Crippen MR) is 78.4 cm³/mol. The van der Waals surface area contributed by atoms with Crippen LogP contribution in [-0.2, 0) is 16.0 Å². The Morgan fingerprint density at radius 1 is 1.43 bits per heavy atom. The molecular weight excluding hydrogens is 268 g/mol. The highest BCUT2D eigenvalue weighted by Gasteiger charge is 2.32. The third-order valence-electron chi connectivity index (χ3n) is 3.32. The van der Waals surface area contributed by atoms with Gasteiger partial charge in [0.2, 0.25) is 5.91 Å². The van der Waals surface area contributed by atoms with Crippen molar-refractivity contribution < 1.29 is 14.3 Å². The highest BCUT2D eigenvalue weighted by molar-refractivity contribution is 5.86. The first-order chi connectivity index (χ1) is 10.2. The summed E-state index contributed by atoms with van der Waals surface area (Å²) in [5.74, 6) is 2.11. The highest BCUT2D eigenvalue weighted by atomic mass is 16.6. The van der Waals surface area contributed by atoms with Crippen molar-refractivity contribution in [3.63, 3.8) is 0 Å². The average molecular weight is 286 g/mol. The van der Waals surface area contributed by atoms with Gasteiger partial charge in [-0.25, -0.2) is 4.79 Å². The standard InChI is InChI=1S/C16H18N2O3/c1-2-9-17-15(19)14(12-13-7-4-3-5-8-13)18-10-6-11-21-16(18)20/h1,3-5,7-8,14H,6,9-12H2,(H,17,19)/t14-/m0/s1. The Bertz CT molecular complexity index is 536. The zero-order chi connectivity index (χ0) is 15.1. The summed E-state index contributed by atoms with van der Waals surface area (Å²) in [4.78, 5) is 25.7. The number of benzene rings is 1. The van der Waals surface area contributed by atoms with Gasteiger partial charge in [0.15, 0.2) is 0 Å². The van der Waals surface area contributed by atoms with Gasteiger partial charge >= 0.3 is 6.09 Å². The van der Waals surface area contributed by atoms with Gasteiger partial charge in [0.05, 0.1) is 13.2 Å². The molecule has 0 spiro atoms. The van der Waals surface area contributed by atoms with Crippen molar-refractivity contribution in [1.82, 2.24) is 10.2 Å². The van der Waals surface area contributed by atoms with Crippen LogP contribution in [0.25, 0.3) is 0 Å². The fourth-order valence-electron chi connectivity index (χ4n) is 2.29. The first kappa shape index (κ1) is 14.9. The number of rotatable bonds is 5.